The minimum atomic E-state index is -3.92. The van der Waals surface area contributed by atoms with E-state index < -0.39 is 10.0 Å². The Bertz CT molecular complexity index is 757. The maximum absolute atomic E-state index is 11.3. The van der Waals surface area contributed by atoms with Gasteiger partial charge >= 0.3 is 0 Å². The molecule has 0 aliphatic carbocycles. The lowest BCUT2D eigenvalue weighted by Crippen LogP contribution is -2.15. The van der Waals surface area contributed by atoms with Crippen molar-refractivity contribution < 1.29 is 8.42 Å². The Balaban J connectivity index is 2.41. The topological polar surface area (TPSA) is 137 Å². The van der Waals surface area contributed by atoms with E-state index in [4.69, 9.17) is 16.6 Å². The Morgan fingerprint density at radius 3 is 2.10 bits per heavy atom. The monoisotopic (exact) mass is 291 g/mol. The van der Waals surface area contributed by atoms with Crippen LogP contribution in [0.4, 0.5) is 22.7 Å². The van der Waals surface area contributed by atoms with Crippen molar-refractivity contribution in [2.75, 3.05) is 11.5 Å². The summed E-state index contributed by atoms with van der Waals surface area (Å²) in [4.78, 5) is -0.228. The second-order valence-electron chi connectivity index (χ2n) is 3.99. The quantitative estimate of drug-likeness (QED) is 0.587. The molecular weight excluding hydrogens is 278 g/mol. The summed E-state index contributed by atoms with van der Waals surface area (Å²) >= 11 is 0. The molecule has 0 radical (unpaired) electrons. The molecular formula is C12H13N5O2S. The van der Waals surface area contributed by atoms with Crippen molar-refractivity contribution in [2.24, 2.45) is 15.4 Å². The number of hydrogen-bond donors (Lipinski definition) is 3. The van der Waals surface area contributed by atoms with E-state index in [0.717, 1.165) is 0 Å². The number of benzene rings is 2. The number of hydrogen-bond acceptors (Lipinski definition) is 6. The lowest BCUT2D eigenvalue weighted by Gasteiger charge is -2.07. The highest BCUT2D eigenvalue weighted by Gasteiger charge is 2.16. The van der Waals surface area contributed by atoms with Crippen LogP contribution in [-0.4, -0.2) is 8.42 Å². The maximum Gasteiger partial charge on any atom is 0.240 e. The van der Waals surface area contributed by atoms with E-state index in [9.17, 15) is 8.42 Å². The molecule has 2 aromatic carbocycles. The van der Waals surface area contributed by atoms with Gasteiger partial charge in [0.1, 0.15) is 10.6 Å². The minimum absolute atomic E-state index is 0.0243. The van der Waals surface area contributed by atoms with Gasteiger partial charge in [-0.05, 0) is 24.3 Å². The Morgan fingerprint density at radius 2 is 1.50 bits per heavy atom. The third-order valence-electron chi connectivity index (χ3n) is 2.56. The molecule has 0 heterocycles. The second-order valence-corrected chi connectivity index (χ2v) is 5.52. The zero-order valence-corrected chi connectivity index (χ0v) is 11.2. The summed E-state index contributed by atoms with van der Waals surface area (Å²) in [6.45, 7) is 0. The van der Waals surface area contributed by atoms with Gasteiger partial charge in [0.25, 0.3) is 0 Å². The van der Waals surface area contributed by atoms with Crippen LogP contribution in [0.25, 0.3) is 0 Å². The molecule has 0 saturated carbocycles. The van der Waals surface area contributed by atoms with E-state index in [1.807, 2.05) is 18.2 Å². The van der Waals surface area contributed by atoms with Gasteiger partial charge in [-0.25, -0.2) is 13.6 Å². The van der Waals surface area contributed by atoms with Crippen LogP contribution in [0.1, 0.15) is 0 Å². The predicted octanol–water partition coefficient (Wildman–Crippen LogP) is 1.91. The second kappa shape index (κ2) is 5.27. The first kappa shape index (κ1) is 14.0. The Morgan fingerprint density at radius 1 is 0.850 bits per heavy atom. The van der Waals surface area contributed by atoms with Gasteiger partial charge in [-0.2, -0.15) is 5.11 Å². The summed E-state index contributed by atoms with van der Waals surface area (Å²) in [5.41, 5.74) is 12.2. The predicted molar refractivity (Wildman–Crippen MR) is 77.3 cm³/mol. The molecule has 0 aromatic heterocycles. The number of sulfonamides is 1. The Kier molecular flexibility index (Phi) is 3.68. The Labute approximate surface area is 116 Å². The third-order valence-corrected chi connectivity index (χ3v) is 3.53. The molecule has 0 atom stereocenters. The smallest absolute Gasteiger partial charge is 0.240 e. The molecule has 0 aliphatic heterocycles. The zero-order valence-electron chi connectivity index (χ0n) is 10.4. The summed E-state index contributed by atoms with van der Waals surface area (Å²) in [5.74, 6) is 0. The van der Waals surface area contributed by atoms with Gasteiger partial charge in [0.15, 0.2) is 0 Å². The van der Waals surface area contributed by atoms with Crippen molar-refractivity contribution in [1.82, 2.24) is 0 Å². The highest BCUT2D eigenvalue weighted by molar-refractivity contribution is 7.89. The third kappa shape index (κ3) is 2.92. The fourth-order valence-corrected chi connectivity index (χ4v) is 2.22. The van der Waals surface area contributed by atoms with Crippen molar-refractivity contribution in [2.45, 2.75) is 4.90 Å². The van der Waals surface area contributed by atoms with Gasteiger partial charge < -0.3 is 11.5 Å². The zero-order chi connectivity index (χ0) is 14.8. The number of nitrogens with zero attached hydrogens (tertiary/aromatic N) is 2. The van der Waals surface area contributed by atoms with Crippen LogP contribution < -0.4 is 16.6 Å². The van der Waals surface area contributed by atoms with Crippen LogP contribution in [0, 0.1) is 0 Å². The van der Waals surface area contributed by atoms with E-state index in [1.165, 1.54) is 12.1 Å². The molecule has 0 bridgehead atoms. The Hall–Kier alpha value is -2.45. The van der Waals surface area contributed by atoms with E-state index in [1.54, 1.807) is 12.1 Å². The van der Waals surface area contributed by atoms with E-state index in [2.05, 4.69) is 10.2 Å². The standard InChI is InChI=1S/C12H13N5O2S/c13-11-9(17-16-8-4-2-1-3-5-8)6-7-10(12(11)14)20(15,18)19/h1-7H,13-14H2,(H2,15,18,19). The summed E-state index contributed by atoms with van der Waals surface area (Å²) in [6, 6.07) is 11.7. The molecule has 0 amide bonds. The highest BCUT2D eigenvalue weighted by atomic mass is 32.2. The molecule has 20 heavy (non-hydrogen) atoms. The molecule has 0 saturated heterocycles. The summed E-state index contributed by atoms with van der Waals surface area (Å²) in [7, 11) is -3.92. The molecule has 8 heteroatoms. The van der Waals surface area contributed by atoms with Gasteiger partial charge in [-0.15, -0.1) is 5.11 Å². The minimum Gasteiger partial charge on any atom is -0.396 e. The molecule has 0 aliphatic rings. The normalized spacial score (nSPS) is 11.8. The largest absolute Gasteiger partial charge is 0.396 e. The molecule has 2 aromatic rings. The van der Waals surface area contributed by atoms with Gasteiger partial charge in [0.05, 0.1) is 17.1 Å². The summed E-state index contributed by atoms with van der Waals surface area (Å²) in [6.07, 6.45) is 0. The van der Waals surface area contributed by atoms with Crippen molar-refractivity contribution >= 4 is 32.8 Å². The number of anilines is 2. The first-order valence-corrected chi connectivity index (χ1v) is 7.12. The van der Waals surface area contributed by atoms with E-state index >= 15 is 0 Å². The molecule has 0 spiro atoms. The molecule has 0 fully saturated rings. The van der Waals surface area contributed by atoms with Crippen LogP contribution in [0.3, 0.4) is 0 Å². The van der Waals surface area contributed by atoms with Crippen molar-refractivity contribution in [3.8, 4) is 0 Å². The van der Waals surface area contributed by atoms with Crippen molar-refractivity contribution in [3.05, 3.63) is 42.5 Å². The molecule has 104 valence electrons. The van der Waals surface area contributed by atoms with Crippen LogP contribution in [-0.2, 0) is 10.0 Å². The lowest BCUT2D eigenvalue weighted by atomic mass is 10.2. The average molecular weight is 291 g/mol. The fraction of sp³-hybridized carbons (Fsp3) is 0. The maximum atomic E-state index is 11.3. The van der Waals surface area contributed by atoms with Crippen molar-refractivity contribution in [3.63, 3.8) is 0 Å². The molecule has 0 unspecified atom stereocenters. The summed E-state index contributed by atoms with van der Waals surface area (Å²) in [5, 5.41) is 12.9. The highest BCUT2D eigenvalue weighted by Crippen LogP contribution is 2.33. The first-order chi connectivity index (χ1) is 9.39. The van der Waals surface area contributed by atoms with Crippen LogP contribution in [0.15, 0.2) is 57.6 Å². The van der Waals surface area contributed by atoms with E-state index in [-0.39, 0.29) is 22.0 Å². The first-order valence-electron chi connectivity index (χ1n) is 5.57. The van der Waals surface area contributed by atoms with Gasteiger partial charge in [-0.1, -0.05) is 18.2 Å². The number of azo groups is 1. The van der Waals surface area contributed by atoms with Gasteiger partial charge in [0, 0.05) is 0 Å². The summed E-state index contributed by atoms with van der Waals surface area (Å²) < 4.78 is 22.6. The van der Waals surface area contributed by atoms with Crippen molar-refractivity contribution in [1.29, 1.82) is 0 Å². The fourth-order valence-electron chi connectivity index (χ4n) is 1.55. The van der Waals surface area contributed by atoms with Gasteiger partial charge in [0.2, 0.25) is 10.0 Å². The number of rotatable bonds is 3. The van der Waals surface area contributed by atoms with Gasteiger partial charge in [-0.3, -0.25) is 0 Å². The average Bonchev–Trinajstić information content (AvgIpc) is 2.40. The lowest BCUT2D eigenvalue weighted by molar-refractivity contribution is 0.598. The van der Waals surface area contributed by atoms with Crippen LogP contribution >= 0.6 is 0 Å². The van der Waals surface area contributed by atoms with E-state index in [0.29, 0.717) is 5.69 Å². The number of nitrogens with two attached hydrogens (primary N) is 3. The number of nitrogen functional groups attached to an aromatic ring is 2. The SMILES string of the molecule is Nc1c(N=Nc2ccccc2)ccc(S(N)(=O)=O)c1N. The molecule has 6 N–H and O–H groups in total. The van der Waals surface area contributed by atoms with Crippen LogP contribution in [0.5, 0.6) is 0 Å². The number of primary sulfonamides is 1. The molecule has 7 nitrogen and oxygen atoms in total. The van der Waals surface area contributed by atoms with Crippen LogP contribution in [0.2, 0.25) is 0 Å². The molecule has 2 rings (SSSR count).